The van der Waals surface area contributed by atoms with Gasteiger partial charge < -0.3 is 5.73 Å². The molecule has 4 heteroatoms. The number of halogens is 1. The number of aryl methyl sites for hydroxylation is 2. The summed E-state index contributed by atoms with van der Waals surface area (Å²) in [7, 11) is 0. The summed E-state index contributed by atoms with van der Waals surface area (Å²) in [4.78, 5) is 0. The van der Waals surface area contributed by atoms with E-state index in [0.717, 1.165) is 37.9 Å². The van der Waals surface area contributed by atoms with Crippen LogP contribution in [0.5, 0.6) is 0 Å². The van der Waals surface area contributed by atoms with Crippen molar-refractivity contribution in [3.63, 3.8) is 0 Å². The molecule has 0 aliphatic heterocycles. The minimum Gasteiger partial charge on any atom is -0.327 e. The van der Waals surface area contributed by atoms with Gasteiger partial charge in [-0.05, 0) is 51.5 Å². The highest BCUT2D eigenvalue weighted by Crippen LogP contribution is 2.16. The molecule has 0 aromatic carbocycles. The van der Waals surface area contributed by atoms with Gasteiger partial charge in [0.2, 0.25) is 0 Å². The van der Waals surface area contributed by atoms with Gasteiger partial charge in [-0.25, -0.2) is 0 Å². The maximum atomic E-state index is 12.0. The summed E-state index contributed by atoms with van der Waals surface area (Å²) in [5.74, 6) is 0. The Morgan fingerprint density at radius 3 is 2.61 bits per heavy atom. The zero-order valence-corrected chi connectivity index (χ0v) is 11.9. The van der Waals surface area contributed by atoms with Gasteiger partial charge in [0, 0.05) is 18.3 Å². The van der Waals surface area contributed by atoms with Crippen molar-refractivity contribution in [3.05, 3.63) is 17.0 Å². The highest BCUT2D eigenvalue weighted by atomic mass is 19.1. The van der Waals surface area contributed by atoms with Crippen LogP contribution in [0.25, 0.3) is 0 Å². The molecule has 1 aromatic heterocycles. The second-order valence-electron chi connectivity index (χ2n) is 4.99. The average molecular weight is 255 g/mol. The quantitative estimate of drug-likeness (QED) is 0.726. The van der Waals surface area contributed by atoms with Crippen LogP contribution in [-0.4, -0.2) is 22.5 Å². The van der Waals surface area contributed by atoms with Crippen LogP contribution in [-0.2, 0) is 13.0 Å². The zero-order chi connectivity index (χ0) is 13.5. The summed E-state index contributed by atoms with van der Waals surface area (Å²) in [5.41, 5.74) is 9.60. The molecule has 1 heterocycles. The fraction of sp³-hybridized carbons (Fsp3) is 0.786. The number of nitrogens with two attached hydrogens (primary N) is 1. The number of aromatic nitrogens is 2. The lowest BCUT2D eigenvalue weighted by atomic mass is 10.0. The molecule has 1 atom stereocenters. The number of unbranched alkanes of at least 4 members (excludes halogenated alkanes) is 2. The van der Waals surface area contributed by atoms with Crippen LogP contribution >= 0.6 is 0 Å². The minimum absolute atomic E-state index is 0.214. The van der Waals surface area contributed by atoms with E-state index in [4.69, 9.17) is 5.73 Å². The van der Waals surface area contributed by atoms with Crippen molar-refractivity contribution in [3.8, 4) is 0 Å². The van der Waals surface area contributed by atoms with Gasteiger partial charge in [0.05, 0.1) is 12.4 Å². The Morgan fingerprint density at radius 2 is 2.00 bits per heavy atom. The average Bonchev–Trinajstić information content (AvgIpc) is 2.62. The monoisotopic (exact) mass is 255 g/mol. The highest BCUT2D eigenvalue weighted by Gasteiger charge is 2.13. The molecule has 0 aliphatic carbocycles. The van der Waals surface area contributed by atoms with Crippen molar-refractivity contribution >= 4 is 0 Å². The van der Waals surface area contributed by atoms with Crippen molar-refractivity contribution in [1.29, 1.82) is 0 Å². The summed E-state index contributed by atoms with van der Waals surface area (Å²) in [5, 5.41) is 4.56. The molecule has 1 aromatic rings. The lowest BCUT2D eigenvalue weighted by Gasteiger charge is -2.09. The van der Waals surface area contributed by atoms with E-state index in [1.54, 1.807) is 0 Å². The molecule has 0 spiro atoms. The van der Waals surface area contributed by atoms with Gasteiger partial charge in [-0.2, -0.15) is 5.10 Å². The van der Waals surface area contributed by atoms with Gasteiger partial charge >= 0.3 is 0 Å². The van der Waals surface area contributed by atoms with Gasteiger partial charge in [0.15, 0.2) is 0 Å². The van der Waals surface area contributed by atoms with Crippen molar-refractivity contribution in [2.24, 2.45) is 5.73 Å². The predicted molar refractivity (Wildman–Crippen MR) is 73.5 cm³/mol. The van der Waals surface area contributed by atoms with Crippen molar-refractivity contribution < 1.29 is 4.39 Å². The number of nitrogens with zero attached hydrogens (tertiary/aromatic N) is 2. The SMILES string of the molecule is CCC(N)Cc1c(C)nn(CCCCCF)c1C. The van der Waals surface area contributed by atoms with Crippen LogP contribution < -0.4 is 5.73 Å². The number of hydrogen-bond donors (Lipinski definition) is 1. The van der Waals surface area contributed by atoms with Crippen LogP contribution in [0.15, 0.2) is 0 Å². The summed E-state index contributed by atoms with van der Waals surface area (Å²) in [6, 6.07) is 0.214. The van der Waals surface area contributed by atoms with E-state index in [0.29, 0.717) is 6.42 Å². The molecular weight excluding hydrogens is 229 g/mol. The molecule has 0 saturated carbocycles. The van der Waals surface area contributed by atoms with Crippen LogP contribution in [0.1, 0.15) is 49.6 Å². The molecule has 0 aliphatic rings. The molecule has 1 unspecified atom stereocenters. The second kappa shape index (κ2) is 7.52. The van der Waals surface area contributed by atoms with Gasteiger partial charge in [-0.15, -0.1) is 0 Å². The first-order valence-electron chi connectivity index (χ1n) is 6.94. The number of alkyl halides is 1. The lowest BCUT2D eigenvalue weighted by Crippen LogP contribution is -2.22. The fourth-order valence-corrected chi connectivity index (χ4v) is 2.19. The standard InChI is InChI=1S/C14H26FN3/c1-4-13(16)10-14-11(2)17-18(12(14)3)9-7-5-6-8-15/h13H,4-10,16H2,1-3H3. The first-order valence-corrected chi connectivity index (χ1v) is 6.94. The van der Waals surface area contributed by atoms with E-state index in [-0.39, 0.29) is 12.7 Å². The normalized spacial score (nSPS) is 12.9. The maximum absolute atomic E-state index is 12.0. The Morgan fingerprint density at radius 1 is 1.28 bits per heavy atom. The molecule has 0 saturated heterocycles. The van der Waals surface area contributed by atoms with E-state index in [2.05, 4.69) is 18.9 Å². The molecule has 3 nitrogen and oxygen atoms in total. The Bertz CT molecular complexity index is 360. The van der Waals surface area contributed by atoms with Gasteiger partial charge in [-0.1, -0.05) is 6.92 Å². The molecule has 0 amide bonds. The van der Waals surface area contributed by atoms with Crippen molar-refractivity contribution in [1.82, 2.24) is 9.78 Å². The van der Waals surface area contributed by atoms with Crippen LogP contribution in [0.3, 0.4) is 0 Å². The van der Waals surface area contributed by atoms with E-state index < -0.39 is 0 Å². The molecule has 0 bridgehead atoms. The summed E-state index contributed by atoms with van der Waals surface area (Å²) < 4.78 is 14.1. The van der Waals surface area contributed by atoms with Crippen LogP contribution in [0.4, 0.5) is 4.39 Å². The highest BCUT2D eigenvalue weighted by molar-refractivity contribution is 5.25. The predicted octanol–water partition coefficient (Wildman–Crippen LogP) is 2.92. The number of hydrogen-bond acceptors (Lipinski definition) is 2. The molecule has 1 rings (SSSR count). The molecule has 2 N–H and O–H groups in total. The Hall–Kier alpha value is -0.900. The summed E-state index contributed by atoms with van der Waals surface area (Å²) in [6.07, 6.45) is 4.47. The molecule has 0 radical (unpaired) electrons. The third-order valence-electron chi connectivity index (χ3n) is 3.53. The van der Waals surface area contributed by atoms with Gasteiger partial charge in [0.25, 0.3) is 0 Å². The minimum atomic E-state index is -0.215. The lowest BCUT2D eigenvalue weighted by molar-refractivity contribution is 0.441. The number of rotatable bonds is 8. The van der Waals surface area contributed by atoms with E-state index in [1.165, 1.54) is 11.3 Å². The largest absolute Gasteiger partial charge is 0.327 e. The topological polar surface area (TPSA) is 43.8 Å². The Balaban J connectivity index is 2.62. The first-order chi connectivity index (χ1) is 8.60. The van der Waals surface area contributed by atoms with Crippen LogP contribution in [0, 0.1) is 13.8 Å². The molecule has 104 valence electrons. The Labute approximate surface area is 110 Å². The van der Waals surface area contributed by atoms with Crippen molar-refractivity contribution in [2.45, 2.75) is 65.5 Å². The smallest absolute Gasteiger partial charge is 0.0894 e. The van der Waals surface area contributed by atoms with E-state index >= 15 is 0 Å². The summed E-state index contributed by atoms with van der Waals surface area (Å²) in [6.45, 7) is 6.92. The fourth-order valence-electron chi connectivity index (χ4n) is 2.19. The molecular formula is C14H26FN3. The molecule has 0 fully saturated rings. The third kappa shape index (κ3) is 4.09. The molecule has 18 heavy (non-hydrogen) atoms. The van der Waals surface area contributed by atoms with E-state index in [1.807, 2.05) is 11.6 Å². The Kier molecular flexibility index (Phi) is 6.33. The second-order valence-corrected chi connectivity index (χ2v) is 4.99. The van der Waals surface area contributed by atoms with Crippen LogP contribution in [0.2, 0.25) is 0 Å². The zero-order valence-electron chi connectivity index (χ0n) is 11.9. The van der Waals surface area contributed by atoms with Crippen molar-refractivity contribution in [2.75, 3.05) is 6.67 Å². The van der Waals surface area contributed by atoms with Gasteiger partial charge in [0.1, 0.15) is 0 Å². The summed E-state index contributed by atoms with van der Waals surface area (Å²) >= 11 is 0. The third-order valence-corrected chi connectivity index (χ3v) is 3.53. The first kappa shape index (κ1) is 15.2. The van der Waals surface area contributed by atoms with Gasteiger partial charge in [-0.3, -0.25) is 9.07 Å². The maximum Gasteiger partial charge on any atom is 0.0894 e. The van der Waals surface area contributed by atoms with E-state index in [9.17, 15) is 4.39 Å².